The van der Waals surface area contributed by atoms with Gasteiger partial charge in [-0.2, -0.15) is 0 Å². The van der Waals surface area contributed by atoms with E-state index in [1.807, 2.05) is 0 Å². The minimum absolute atomic E-state index is 0. The summed E-state index contributed by atoms with van der Waals surface area (Å²) in [5.41, 5.74) is 0. The fourth-order valence-electron chi connectivity index (χ4n) is 1.72. The Bertz CT molecular complexity index is 234. The number of carbonyl (C=O) groups is 2. The molecule has 0 fully saturated rings. The van der Waals surface area contributed by atoms with Crippen molar-refractivity contribution in [1.82, 2.24) is 4.90 Å². The summed E-state index contributed by atoms with van der Waals surface area (Å²) in [5.74, 6) is -1.03. The van der Waals surface area contributed by atoms with Crippen LogP contribution in [0, 0.1) is 0 Å². The van der Waals surface area contributed by atoms with Crippen LogP contribution in [0.25, 0.3) is 0 Å². The van der Waals surface area contributed by atoms with Gasteiger partial charge in [0.15, 0.2) is 0 Å². The summed E-state index contributed by atoms with van der Waals surface area (Å²) in [4.78, 5) is 23.2. The molecule has 0 radical (unpaired) electrons. The molecule has 0 atom stereocenters. The van der Waals surface area contributed by atoms with E-state index < -0.39 is 5.97 Å². The molecule has 0 aromatic rings. The Morgan fingerprint density at radius 1 is 1.00 bits per heavy atom. The number of nitrogens with zero attached hydrogens (tertiary/aromatic N) is 1. The van der Waals surface area contributed by atoms with E-state index in [4.69, 9.17) is 5.11 Å². The third kappa shape index (κ3) is 12.4. The second-order valence-corrected chi connectivity index (χ2v) is 4.51. The van der Waals surface area contributed by atoms with Gasteiger partial charge in [0.1, 0.15) is 6.54 Å². The summed E-state index contributed by atoms with van der Waals surface area (Å²) < 4.78 is 0. The number of likely N-dealkylation sites (N-methyl/N-ethyl adjacent to an activating group) is 1. The predicted molar refractivity (Wildman–Crippen MR) is 75.0 cm³/mol. The standard InChI is InChI=1S/C13H25NO3.Na.H/c1-3-4-5-6-7-8-9-10-12(15)14(2)11-13(16)17;;/h3-11H2,1-2H3,(H,16,17);;. The molecule has 0 rings (SSSR count). The molecule has 18 heavy (non-hydrogen) atoms. The zero-order valence-electron chi connectivity index (χ0n) is 11.1. The zero-order valence-corrected chi connectivity index (χ0v) is 11.1. The van der Waals surface area contributed by atoms with Crippen LogP contribution >= 0.6 is 0 Å². The van der Waals surface area contributed by atoms with Crippen LogP contribution in [0.1, 0.15) is 58.3 Å². The van der Waals surface area contributed by atoms with Crippen molar-refractivity contribution < 1.29 is 14.7 Å². The van der Waals surface area contributed by atoms with Crippen molar-refractivity contribution in [3.63, 3.8) is 0 Å². The van der Waals surface area contributed by atoms with E-state index in [-0.39, 0.29) is 42.0 Å². The quantitative estimate of drug-likeness (QED) is 0.486. The normalized spacial score (nSPS) is 9.67. The van der Waals surface area contributed by atoms with Gasteiger partial charge in [-0.15, -0.1) is 0 Å². The van der Waals surface area contributed by atoms with Gasteiger partial charge in [0.2, 0.25) is 5.91 Å². The first-order valence-electron chi connectivity index (χ1n) is 6.53. The van der Waals surface area contributed by atoms with Crippen molar-refractivity contribution in [3.05, 3.63) is 0 Å². The van der Waals surface area contributed by atoms with Gasteiger partial charge >= 0.3 is 35.5 Å². The van der Waals surface area contributed by atoms with Crippen molar-refractivity contribution in [2.24, 2.45) is 0 Å². The average molecular weight is 267 g/mol. The number of unbranched alkanes of at least 4 members (excludes halogenated alkanes) is 6. The first-order chi connectivity index (χ1) is 8.07. The molecule has 0 aromatic carbocycles. The fourth-order valence-corrected chi connectivity index (χ4v) is 1.72. The number of hydrogen-bond acceptors (Lipinski definition) is 2. The van der Waals surface area contributed by atoms with E-state index in [2.05, 4.69) is 6.92 Å². The van der Waals surface area contributed by atoms with Crippen molar-refractivity contribution in [2.45, 2.75) is 58.3 Å². The molecule has 1 N–H and O–H groups in total. The third-order valence-electron chi connectivity index (χ3n) is 2.79. The first-order valence-corrected chi connectivity index (χ1v) is 6.53. The molecule has 0 aliphatic carbocycles. The molecular formula is C13H26NNaO3. The molecule has 4 nitrogen and oxygen atoms in total. The Balaban J connectivity index is 0. The number of aliphatic carboxylic acids is 1. The second kappa shape index (κ2) is 13.4. The van der Waals surface area contributed by atoms with Crippen LogP contribution in [0.15, 0.2) is 0 Å². The minimum atomic E-state index is -0.958. The Hall–Kier alpha value is -0.0600. The van der Waals surface area contributed by atoms with Crippen LogP contribution in [0.4, 0.5) is 0 Å². The van der Waals surface area contributed by atoms with Crippen LogP contribution in [0.2, 0.25) is 0 Å². The van der Waals surface area contributed by atoms with Gasteiger partial charge in [-0.1, -0.05) is 45.4 Å². The monoisotopic (exact) mass is 267 g/mol. The van der Waals surface area contributed by atoms with Gasteiger partial charge < -0.3 is 10.0 Å². The molecular weight excluding hydrogens is 241 g/mol. The molecule has 0 unspecified atom stereocenters. The zero-order chi connectivity index (χ0) is 13.1. The van der Waals surface area contributed by atoms with Crippen LogP contribution in [-0.4, -0.2) is 65.0 Å². The predicted octanol–water partition coefficient (Wildman–Crippen LogP) is 2.02. The number of amides is 1. The Kier molecular flexibility index (Phi) is 15.1. The van der Waals surface area contributed by atoms with Gasteiger partial charge in [-0.25, -0.2) is 0 Å². The molecule has 0 bridgehead atoms. The molecule has 0 spiro atoms. The van der Waals surface area contributed by atoms with Gasteiger partial charge in [0, 0.05) is 13.5 Å². The Morgan fingerprint density at radius 3 is 2.00 bits per heavy atom. The summed E-state index contributed by atoms with van der Waals surface area (Å²) in [7, 11) is 1.54. The van der Waals surface area contributed by atoms with Crippen LogP contribution < -0.4 is 0 Å². The van der Waals surface area contributed by atoms with E-state index in [1.165, 1.54) is 44.1 Å². The van der Waals surface area contributed by atoms with E-state index in [1.54, 1.807) is 0 Å². The molecule has 5 heteroatoms. The van der Waals surface area contributed by atoms with Crippen LogP contribution in [0.5, 0.6) is 0 Å². The number of carboxylic acids is 1. The fraction of sp³-hybridized carbons (Fsp3) is 0.846. The van der Waals surface area contributed by atoms with Gasteiger partial charge in [0.05, 0.1) is 0 Å². The van der Waals surface area contributed by atoms with Crippen LogP contribution in [-0.2, 0) is 9.59 Å². The summed E-state index contributed by atoms with van der Waals surface area (Å²) in [6, 6.07) is 0. The van der Waals surface area contributed by atoms with Gasteiger partial charge in [0.25, 0.3) is 0 Å². The number of carboxylic acid groups (broad SMARTS) is 1. The van der Waals surface area contributed by atoms with Crippen molar-refractivity contribution in [1.29, 1.82) is 0 Å². The molecule has 0 saturated carbocycles. The van der Waals surface area contributed by atoms with E-state index in [9.17, 15) is 9.59 Å². The average Bonchev–Trinajstić information content (AvgIpc) is 2.26. The molecule has 102 valence electrons. The maximum absolute atomic E-state index is 11.5. The van der Waals surface area contributed by atoms with Gasteiger partial charge in [-0.05, 0) is 6.42 Å². The second-order valence-electron chi connectivity index (χ2n) is 4.51. The molecule has 1 amide bonds. The van der Waals surface area contributed by atoms with Crippen molar-refractivity contribution in [3.8, 4) is 0 Å². The number of hydrogen-bond donors (Lipinski definition) is 1. The molecule has 0 aliphatic heterocycles. The molecule has 0 aliphatic rings. The molecule has 0 heterocycles. The molecule has 0 saturated heterocycles. The number of carbonyl (C=O) groups excluding carboxylic acids is 1. The topological polar surface area (TPSA) is 57.6 Å². The van der Waals surface area contributed by atoms with E-state index in [0.717, 1.165) is 12.8 Å². The summed E-state index contributed by atoms with van der Waals surface area (Å²) in [6.07, 6.45) is 8.65. The summed E-state index contributed by atoms with van der Waals surface area (Å²) in [6.45, 7) is 1.99. The summed E-state index contributed by atoms with van der Waals surface area (Å²) in [5, 5.41) is 8.53. The SMILES string of the molecule is CCCCCCCCCC(=O)N(C)CC(=O)O.[NaH]. The summed E-state index contributed by atoms with van der Waals surface area (Å²) >= 11 is 0. The Morgan fingerprint density at radius 2 is 1.50 bits per heavy atom. The molecule has 0 aromatic heterocycles. The third-order valence-corrected chi connectivity index (χ3v) is 2.79. The first kappa shape index (κ1) is 20.3. The van der Waals surface area contributed by atoms with Crippen molar-refractivity contribution in [2.75, 3.05) is 13.6 Å². The van der Waals surface area contributed by atoms with Crippen LogP contribution in [0.3, 0.4) is 0 Å². The number of rotatable bonds is 10. The maximum atomic E-state index is 11.5. The van der Waals surface area contributed by atoms with Crippen molar-refractivity contribution >= 4 is 41.4 Å². The van der Waals surface area contributed by atoms with E-state index in [0.29, 0.717) is 6.42 Å². The van der Waals surface area contributed by atoms with E-state index >= 15 is 0 Å². The Labute approximate surface area is 132 Å². The van der Waals surface area contributed by atoms with Gasteiger partial charge in [-0.3, -0.25) is 9.59 Å².